The molecule has 0 atom stereocenters. The Morgan fingerprint density at radius 1 is 1.00 bits per heavy atom. The minimum Gasteiger partial charge on any atom is -0.459 e. The molecular weight excluding hydrogens is 363 g/mol. The summed E-state index contributed by atoms with van der Waals surface area (Å²) in [5.41, 5.74) is 1.79. The third kappa shape index (κ3) is 3.40. The Balaban J connectivity index is 1.44. The molecule has 3 heterocycles. The number of piperazine rings is 1. The monoisotopic (exact) mass is 382 g/mol. The van der Waals surface area contributed by atoms with E-state index in [0.717, 1.165) is 5.69 Å². The van der Waals surface area contributed by atoms with Gasteiger partial charge in [-0.25, -0.2) is 9.07 Å². The molecule has 2 aromatic heterocycles. The standard InChI is InChI=1S/C20H19FN4O3/c1-14-13-17(22-25(14)16-6-4-15(21)5-7-16)19(26)23-8-10-24(11-9-23)20(27)18-3-2-12-28-18/h2-7,12-13H,8-11H2,1H3. The van der Waals surface area contributed by atoms with Gasteiger partial charge in [0.2, 0.25) is 0 Å². The van der Waals surface area contributed by atoms with Crippen LogP contribution in [-0.2, 0) is 0 Å². The van der Waals surface area contributed by atoms with E-state index in [4.69, 9.17) is 4.42 Å². The van der Waals surface area contributed by atoms with Crippen LogP contribution in [0.15, 0.2) is 53.1 Å². The third-order valence-corrected chi connectivity index (χ3v) is 4.76. The molecule has 1 aromatic carbocycles. The first-order valence-electron chi connectivity index (χ1n) is 8.97. The van der Waals surface area contributed by atoms with Crippen LogP contribution in [0, 0.1) is 12.7 Å². The molecule has 7 nitrogen and oxygen atoms in total. The Hall–Kier alpha value is -3.42. The van der Waals surface area contributed by atoms with Crippen LogP contribution in [0.1, 0.15) is 26.7 Å². The van der Waals surface area contributed by atoms with Crippen molar-refractivity contribution in [3.05, 3.63) is 71.7 Å². The molecule has 0 saturated carbocycles. The second-order valence-electron chi connectivity index (χ2n) is 6.62. The summed E-state index contributed by atoms with van der Waals surface area (Å²) >= 11 is 0. The number of hydrogen-bond acceptors (Lipinski definition) is 4. The van der Waals surface area contributed by atoms with E-state index in [1.165, 1.54) is 18.4 Å². The van der Waals surface area contributed by atoms with Gasteiger partial charge in [0.1, 0.15) is 5.82 Å². The largest absolute Gasteiger partial charge is 0.459 e. The quantitative estimate of drug-likeness (QED) is 0.698. The van der Waals surface area contributed by atoms with Gasteiger partial charge in [-0.2, -0.15) is 5.10 Å². The van der Waals surface area contributed by atoms with Gasteiger partial charge < -0.3 is 14.2 Å². The van der Waals surface area contributed by atoms with Crippen LogP contribution in [0.3, 0.4) is 0 Å². The van der Waals surface area contributed by atoms with E-state index in [1.807, 2.05) is 6.92 Å². The van der Waals surface area contributed by atoms with E-state index in [0.29, 0.717) is 43.3 Å². The maximum Gasteiger partial charge on any atom is 0.289 e. The fourth-order valence-corrected chi connectivity index (χ4v) is 3.25. The number of nitrogens with zero attached hydrogens (tertiary/aromatic N) is 4. The molecule has 0 unspecified atom stereocenters. The van der Waals surface area contributed by atoms with Crippen molar-refractivity contribution in [1.82, 2.24) is 19.6 Å². The first-order chi connectivity index (χ1) is 13.5. The lowest BCUT2D eigenvalue weighted by Gasteiger charge is -2.33. The second kappa shape index (κ2) is 7.30. The zero-order valence-corrected chi connectivity index (χ0v) is 15.3. The highest BCUT2D eigenvalue weighted by Crippen LogP contribution is 2.16. The Morgan fingerprint density at radius 2 is 1.64 bits per heavy atom. The summed E-state index contributed by atoms with van der Waals surface area (Å²) in [5, 5.41) is 4.39. The lowest BCUT2D eigenvalue weighted by molar-refractivity contribution is 0.0515. The average molecular weight is 382 g/mol. The summed E-state index contributed by atoms with van der Waals surface area (Å²) in [6.07, 6.45) is 1.47. The van der Waals surface area contributed by atoms with Crippen molar-refractivity contribution in [2.24, 2.45) is 0 Å². The Bertz CT molecular complexity index is 987. The van der Waals surface area contributed by atoms with E-state index in [-0.39, 0.29) is 17.6 Å². The predicted octanol–water partition coefficient (Wildman–Crippen LogP) is 2.51. The number of carbonyl (C=O) groups is 2. The van der Waals surface area contributed by atoms with Crippen molar-refractivity contribution in [3.8, 4) is 5.69 Å². The first-order valence-corrected chi connectivity index (χ1v) is 8.97. The number of amides is 2. The van der Waals surface area contributed by atoms with E-state index in [9.17, 15) is 14.0 Å². The van der Waals surface area contributed by atoms with Crippen molar-refractivity contribution in [1.29, 1.82) is 0 Å². The van der Waals surface area contributed by atoms with Gasteiger partial charge in [0.05, 0.1) is 12.0 Å². The van der Waals surface area contributed by atoms with E-state index in [1.54, 1.807) is 44.8 Å². The molecule has 0 N–H and O–H groups in total. The molecule has 1 aliphatic rings. The smallest absolute Gasteiger partial charge is 0.289 e. The maximum atomic E-state index is 13.1. The molecule has 8 heteroatoms. The third-order valence-electron chi connectivity index (χ3n) is 4.76. The van der Waals surface area contributed by atoms with Crippen molar-refractivity contribution >= 4 is 11.8 Å². The molecule has 144 valence electrons. The lowest BCUT2D eigenvalue weighted by atomic mass is 10.2. The Morgan fingerprint density at radius 3 is 2.25 bits per heavy atom. The molecule has 1 aliphatic heterocycles. The molecule has 0 spiro atoms. The van der Waals surface area contributed by atoms with Gasteiger partial charge in [0.15, 0.2) is 11.5 Å². The number of furan rings is 1. The highest BCUT2D eigenvalue weighted by atomic mass is 19.1. The molecule has 4 rings (SSSR count). The summed E-state index contributed by atoms with van der Waals surface area (Å²) in [5.74, 6) is -0.386. The number of aryl methyl sites for hydroxylation is 1. The highest BCUT2D eigenvalue weighted by molar-refractivity contribution is 5.93. The fourth-order valence-electron chi connectivity index (χ4n) is 3.25. The van der Waals surface area contributed by atoms with Gasteiger partial charge in [-0.05, 0) is 49.4 Å². The van der Waals surface area contributed by atoms with Crippen molar-refractivity contribution < 1.29 is 18.4 Å². The van der Waals surface area contributed by atoms with Gasteiger partial charge in [0, 0.05) is 31.9 Å². The summed E-state index contributed by atoms with van der Waals surface area (Å²) in [6.45, 7) is 3.56. The highest BCUT2D eigenvalue weighted by Gasteiger charge is 2.28. The molecule has 0 bridgehead atoms. The molecule has 1 fully saturated rings. The molecule has 0 aliphatic carbocycles. The molecule has 2 amide bonds. The minimum atomic E-state index is -0.327. The zero-order chi connectivity index (χ0) is 19.7. The van der Waals surface area contributed by atoms with Crippen LogP contribution in [0.2, 0.25) is 0 Å². The van der Waals surface area contributed by atoms with Crippen LogP contribution in [0.25, 0.3) is 5.69 Å². The SMILES string of the molecule is Cc1cc(C(=O)N2CCN(C(=O)c3ccco3)CC2)nn1-c1ccc(F)cc1. The molecule has 1 saturated heterocycles. The van der Waals surface area contributed by atoms with Crippen molar-refractivity contribution in [2.75, 3.05) is 26.2 Å². The summed E-state index contributed by atoms with van der Waals surface area (Å²) < 4.78 is 19.9. The number of halogens is 1. The first kappa shape index (κ1) is 18.0. The summed E-state index contributed by atoms with van der Waals surface area (Å²) in [6, 6.07) is 11.0. The average Bonchev–Trinajstić information content (AvgIpc) is 3.38. The molecule has 0 radical (unpaired) electrons. The fraction of sp³-hybridized carbons (Fsp3) is 0.250. The van der Waals surface area contributed by atoms with Crippen LogP contribution >= 0.6 is 0 Å². The number of carbonyl (C=O) groups excluding carboxylic acids is 2. The number of rotatable bonds is 3. The number of hydrogen-bond donors (Lipinski definition) is 0. The lowest BCUT2D eigenvalue weighted by Crippen LogP contribution is -2.50. The van der Waals surface area contributed by atoms with Gasteiger partial charge in [-0.1, -0.05) is 0 Å². The van der Waals surface area contributed by atoms with E-state index >= 15 is 0 Å². The number of aromatic nitrogens is 2. The molecular formula is C20H19FN4O3. The number of benzene rings is 1. The predicted molar refractivity (Wildman–Crippen MR) is 98.8 cm³/mol. The van der Waals surface area contributed by atoms with Crippen molar-refractivity contribution in [3.63, 3.8) is 0 Å². The van der Waals surface area contributed by atoms with Crippen LogP contribution in [0.5, 0.6) is 0 Å². The van der Waals surface area contributed by atoms with Crippen LogP contribution in [-0.4, -0.2) is 57.6 Å². The van der Waals surface area contributed by atoms with Crippen LogP contribution < -0.4 is 0 Å². The van der Waals surface area contributed by atoms with Gasteiger partial charge in [-0.3, -0.25) is 9.59 Å². The van der Waals surface area contributed by atoms with E-state index < -0.39 is 0 Å². The topological polar surface area (TPSA) is 71.6 Å². The van der Waals surface area contributed by atoms with E-state index in [2.05, 4.69) is 5.10 Å². The molecule has 28 heavy (non-hydrogen) atoms. The maximum absolute atomic E-state index is 13.1. The zero-order valence-electron chi connectivity index (χ0n) is 15.3. The Labute approximate surface area is 161 Å². The summed E-state index contributed by atoms with van der Waals surface area (Å²) in [7, 11) is 0. The normalized spacial score (nSPS) is 14.4. The van der Waals surface area contributed by atoms with Gasteiger partial charge >= 0.3 is 0 Å². The second-order valence-corrected chi connectivity index (χ2v) is 6.62. The minimum absolute atomic E-state index is 0.173. The Kier molecular flexibility index (Phi) is 4.68. The molecule has 3 aromatic rings. The van der Waals surface area contributed by atoms with Gasteiger partial charge in [0.25, 0.3) is 11.8 Å². The van der Waals surface area contributed by atoms with Crippen LogP contribution in [0.4, 0.5) is 4.39 Å². The van der Waals surface area contributed by atoms with Gasteiger partial charge in [-0.15, -0.1) is 0 Å². The van der Waals surface area contributed by atoms with Crippen molar-refractivity contribution in [2.45, 2.75) is 6.92 Å². The summed E-state index contributed by atoms with van der Waals surface area (Å²) in [4.78, 5) is 28.5.